The number of fused-ring (bicyclic) bond motifs is 1. The standard InChI is InChI=1S/C15H23N5O2/c1-17(2)15(22)19-10-12-5-7-16-20(12)13(11-19)6-9-18-8-3-4-14(18)21/h5,7,13H,3-4,6,8-11H2,1-2H3/t13-/m0/s1. The lowest BCUT2D eigenvalue weighted by molar-refractivity contribution is -0.127. The first kappa shape index (κ1) is 14.9. The fourth-order valence-corrected chi connectivity index (χ4v) is 3.27. The molecule has 0 spiro atoms. The third kappa shape index (κ3) is 2.80. The van der Waals surface area contributed by atoms with E-state index in [0.717, 1.165) is 31.6 Å². The highest BCUT2D eigenvalue weighted by atomic mass is 16.2. The summed E-state index contributed by atoms with van der Waals surface area (Å²) >= 11 is 0. The lowest BCUT2D eigenvalue weighted by Gasteiger charge is -2.35. The molecule has 120 valence electrons. The summed E-state index contributed by atoms with van der Waals surface area (Å²) in [6.45, 7) is 2.84. The predicted octanol–water partition coefficient (Wildman–Crippen LogP) is 0.934. The number of nitrogens with zero attached hydrogens (tertiary/aromatic N) is 5. The largest absolute Gasteiger partial charge is 0.343 e. The molecule has 1 atom stereocenters. The normalized spacial score (nSPS) is 21.2. The maximum Gasteiger partial charge on any atom is 0.319 e. The van der Waals surface area contributed by atoms with Crippen LogP contribution >= 0.6 is 0 Å². The zero-order valence-electron chi connectivity index (χ0n) is 13.2. The molecule has 3 amide bonds. The van der Waals surface area contributed by atoms with Gasteiger partial charge in [0.1, 0.15) is 0 Å². The van der Waals surface area contributed by atoms with E-state index in [1.165, 1.54) is 0 Å². The molecule has 0 unspecified atom stereocenters. The average molecular weight is 305 g/mol. The topological polar surface area (TPSA) is 61.7 Å². The summed E-state index contributed by atoms with van der Waals surface area (Å²) in [5.41, 5.74) is 1.05. The van der Waals surface area contributed by atoms with Crippen LogP contribution in [-0.2, 0) is 11.3 Å². The molecule has 0 N–H and O–H groups in total. The highest BCUT2D eigenvalue weighted by molar-refractivity contribution is 5.78. The van der Waals surface area contributed by atoms with Crippen molar-refractivity contribution in [2.24, 2.45) is 0 Å². The third-order valence-corrected chi connectivity index (χ3v) is 4.44. The fourth-order valence-electron chi connectivity index (χ4n) is 3.27. The minimum absolute atomic E-state index is 0.0229. The molecule has 0 saturated carbocycles. The first-order chi connectivity index (χ1) is 10.6. The van der Waals surface area contributed by atoms with Crippen LogP contribution in [0.5, 0.6) is 0 Å². The van der Waals surface area contributed by atoms with Gasteiger partial charge in [0.25, 0.3) is 0 Å². The summed E-state index contributed by atoms with van der Waals surface area (Å²) in [4.78, 5) is 29.4. The molecule has 0 radical (unpaired) electrons. The van der Waals surface area contributed by atoms with E-state index in [1.54, 1.807) is 25.2 Å². The molecule has 1 aromatic heterocycles. The molecule has 1 aromatic rings. The van der Waals surface area contributed by atoms with E-state index in [4.69, 9.17) is 0 Å². The van der Waals surface area contributed by atoms with Gasteiger partial charge in [0.15, 0.2) is 0 Å². The molecule has 2 aliphatic rings. The first-order valence-electron chi connectivity index (χ1n) is 7.82. The highest BCUT2D eigenvalue weighted by Crippen LogP contribution is 2.24. The van der Waals surface area contributed by atoms with Crippen molar-refractivity contribution < 1.29 is 9.59 Å². The molecule has 3 heterocycles. The van der Waals surface area contributed by atoms with Gasteiger partial charge in [0, 0.05) is 46.3 Å². The van der Waals surface area contributed by atoms with Gasteiger partial charge < -0.3 is 14.7 Å². The number of likely N-dealkylation sites (tertiary alicyclic amines) is 1. The summed E-state index contributed by atoms with van der Waals surface area (Å²) in [7, 11) is 3.54. The monoisotopic (exact) mass is 305 g/mol. The molecule has 2 aliphatic heterocycles. The summed E-state index contributed by atoms with van der Waals surface area (Å²) in [5, 5.41) is 4.40. The summed E-state index contributed by atoms with van der Waals surface area (Å²) < 4.78 is 2.01. The minimum Gasteiger partial charge on any atom is -0.343 e. The van der Waals surface area contributed by atoms with Crippen LogP contribution in [0.4, 0.5) is 4.79 Å². The van der Waals surface area contributed by atoms with Crippen LogP contribution in [0.2, 0.25) is 0 Å². The van der Waals surface area contributed by atoms with Crippen molar-refractivity contribution in [3.63, 3.8) is 0 Å². The molecular weight excluding hydrogens is 282 g/mol. The SMILES string of the molecule is CN(C)C(=O)N1Cc2ccnn2[C@@H](CCN2CCCC2=O)C1. The Kier molecular flexibility index (Phi) is 4.04. The van der Waals surface area contributed by atoms with Crippen LogP contribution in [-0.4, -0.2) is 70.1 Å². The Balaban J connectivity index is 1.69. The lowest BCUT2D eigenvalue weighted by Crippen LogP contribution is -2.46. The molecule has 7 heteroatoms. The van der Waals surface area contributed by atoms with Crippen molar-refractivity contribution in [1.29, 1.82) is 0 Å². The van der Waals surface area contributed by atoms with Crippen molar-refractivity contribution in [3.05, 3.63) is 18.0 Å². The van der Waals surface area contributed by atoms with Gasteiger partial charge in [0.05, 0.1) is 18.3 Å². The smallest absolute Gasteiger partial charge is 0.319 e. The zero-order chi connectivity index (χ0) is 15.7. The molecular formula is C15H23N5O2. The van der Waals surface area contributed by atoms with E-state index in [1.807, 2.05) is 20.5 Å². The number of rotatable bonds is 3. The van der Waals surface area contributed by atoms with E-state index >= 15 is 0 Å². The van der Waals surface area contributed by atoms with Gasteiger partial charge >= 0.3 is 6.03 Å². The van der Waals surface area contributed by atoms with Crippen LogP contribution in [0.3, 0.4) is 0 Å². The number of urea groups is 1. The van der Waals surface area contributed by atoms with E-state index in [2.05, 4.69) is 5.10 Å². The molecule has 0 bridgehead atoms. The van der Waals surface area contributed by atoms with Crippen molar-refractivity contribution in [1.82, 2.24) is 24.5 Å². The van der Waals surface area contributed by atoms with Crippen molar-refractivity contribution in [2.45, 2.75) is 31.8 Å². The second-order valence-electron chi connectivity index (χ2n) is 6.25. The molecule has 3 rings (SSSR count). The Morgan fingerprint density at radius 2 is 2.27 bits per heavy atom. The Labute approximate surface area is 130 Å². The van der Waals surface area contributed by atoms with Gasteiger partial charge in [-0.15, -0.1) is 0 Å². The number of carbonyl (C=O) groups excluding carboxylic acids is 2. The second kappa shape index (κ2) is 5.98. The average Bonchev–Trinajstić information content (AvgIpc) is 3.12. The van der Waals surface area contributed by atoms with Crippen molar-refractivity contribution >= 4 is 11.9 Å². The number of hydrogen-bond donors (Lipinski definition) is 0. The van der Waals surface area contributed by atoms with E-state index in [9.17, 15) is 9.59 Å². The Bertz CT molecular complexity index is 568. The fraction of sp³-hybridized carbons (Fsp3) is 0.667. The zero-order valence-corrected chi connectivity index (χ0v) is 13.2. The van der Waals surface area contributed by atoms with Gasteiger partial charge in [-0.05, 0) is 18.9 Å². The molecule has 0 aromatic carbocycles. The van der Waals surface area contributed by atoms with E-state index in [0.29, 0.717) is 19.5 Å². The lowest BCUT2D eigenvalue weighted by atomic mass is 10.1. The minimum atomic E-state index is 0.0229. The summed E-state index contributed by atoms with van der Waals surface area (Å²) in [6.07, 6.45) is 4.25. The quantitative estimate of drug-likeness (QED) is 0.835. The van der Waals surface area contributed by atoms with Crippen LogP contribution in [0.25, 0.3) is 0 Å². The number of amides is 3. The van der Waals surface area contributed by atoms with Crippen molar-refractivity contribution in [2.75, 3.05) is 33.7 Å². The van der Waals surface area contributed by atoms with Gasteiger partial charge in [-0.2, -0.15) is 5.10 Å². The summed E-state index contributed by atoms with van der Waals surface area (Å²) in [5.74, 6) is 0.248. The Hall–Kier alpha value is -2.05. The number of aromatic nitrogens is 2. The number of hydrogen-bond acceptors (Lipinski definition) is 3. The van der Waals surface area contributed by atoms with Gasteiger partial charge in [-0.25, -0.2) is 4.79 Å². The van der Waals surface area contributed by atoms with E-state index in [-0.39, 0.29) is 18.0 Å². The summed E-state index contributed by atoms with van der Waals surface area (Å²) in [6, 6.07) is 2.12. The van der Waals surface area contributed by atoms with Gasteiger partial charge in [-0.1, -0.05) is 0 Å². The van der Waals surface area contributed by atoms with Crippen LogP contribution in [0, 0.1) is 0 Å². The second-order valence-corrected chi connectivity index (χ2v) is 6.25. The van der Waals surface area contributed by atoms with Crippen LogP contribution in [0.15, 0.2) is 12.3 Å². The Morgan fingerprint density at radius 1 is 1.45 bits per heavy atom. The number of carbonyl (C=O) groups is 2. The maximum absolute atomic E-state index is 12.2. The molecule has 1 fully saturated rings. The molecule has 1 saturated heterocycles. The molecule has 0 aliphatic carbocycles. The first-order valence-corrected chi connectivity index (χ1v) is 7.82. The van der Waals surface area contributed by atoms with Crippen LogP contribution < -0.4 is 0 Å². The highest BCUT2D eigenvalue weighted by Gasteiger charge is 2.30. The predicted molar refractivity (Wildman–Crippen MR) is 81.2 cm³/mol. The van der Waals surface area contributed by atoms with Crippen molar-refractivity contribution in [3.8, 4) is 0 Å². The van der Waals surface area contributed by atoms with Crippen LogP contribution in [0.1, 0.15) is 31.0 Å². The third-order valence-electron chi connectivity index (χ3n) is 4.44. The Morgan fingerprint density at radius 3 is 2.95 bits per heavy atom. The molecule has 22 heavy (non-hydrogen) atoms. The maximum atomic E-state index is 12.2. The van der Waals surface area contributed by atoms with Gasteiger partial charge in [0.2, 0.25) is 5.91 Å². The van der Waals surface area contributed by atoms with Gasteiger partial charge in [-0.3, -0.25) is 9.48 Å². The van der Waals surface area contributed by atoms with E-state index < -0.39 is 0 Å². The molecule has 7 nitrogen and oxygen atoms in total.